The van der Waals surface area contributed by atoms with Crippen molar-refractivity contribution >= 4 is 11.6 Å². The molecule has 8 heteroatoms. The maximum Gasteiger partial charge on any atom is 0.573 e. The standard InChI is InChI=1S/C17H13ClF3N3O/c18-15-10-22-11-16(24-9-1-8-23-24)14(15)7-4-12-2-5-13(6-3-12)25-17(19,20)21/h1-3,5-6,8-11H,4,7H2. The highest BCUT2D eigenvalue weighted by atomic mass is 35.5. The van der Waals surface area contributed by atoms with Crippen molar-refractivity contribution in [3.63, 3.8) is 0 Å². The van der Waals surface area contributed by atoms with Gasteiger partial charge in [-0.1, -0.05) is 23.7 Å². The number of pyridine rings is 1. The maximum atomic E-state index is 12.2. The van der Waals surface area contributed by atoms with Crippen LogP contribution in [0.3, 0.4) is 0 Å². The number of rotatable bonds is 5. The summed E-state index contributed by atoms with van der Waals surface area (Å²) >= 11 is 6.26. The minimum Gasteiger partial charge on any atom is -0.406 e. The lowest BCUT2D eigenvalue weighted by Crippen LogP contribution is -2.17. The quantitative estimate of drug-likeness (QED) is 0.661. The first-order valence-corrected chi connectivity index (χ1v) is 7.77. The number of benzene rings is 1. The summed E-state index contributed by atoms with van der Waals surface area (Å²) in [5.41, 5.74) is 2.51. The summed E-state index contributed by atoms with van der Waals surface area (Å²) in [6, 6.07) is 7.59. The van der Waals surface area contributed by atoms with Crippen molar-refractivity contribution in [2.75, 3.05) is 0 Å². The monoisotopic (exact) mass is 367 g/mol. The fourth-order valence-corrected chi connectivity index (χ4v) is 2.68. The van der Waals surface area contributed by atoms with E-state index in [9.17, 15) is 13.2 Å². The van der Waals surface area contributed by atoms with Crippen molar-refractivity contribution in [1.82, 2.24) is 14.8 Å². The molecule has 0 spiro atoms. The molecule has 0 atom stereocenters. The molecule has 0 radical (unpaired) electrons. The first kappa shape index (κ1) is 17.3. The molecule has 130 valence electrons. The van der Waals surface area contributed by atoms with Gasteiger partial charge in [-0.3, -0.25) is 4.98 Å². The first-order valence-electron chi connectivity index (χ1n) is 7.39. The molecule has 3 aromatic rings. The summed E-state index contributed by atoms with van der Waals surface area (Å²) in [6.07, 6.45) is 3.19. The molecule has 2 aromatic heterocycles. The van der Waals surface area contributed by atoms with Crippen LogP contribution >= 0.6 is 11.6 Å². The van der Waals surface area contributed by atoms with Gasteiger partial charge in [-0.05, 0) is 42.2 Å². The maximum absolute atomic E-state index is 12.2. The van der Waals surface area contributed by atoms with Crippen LogP contribution in [-0.4, -0.2) is 21.1 Å². The zero-order valence-electron chi connectivity index (χ0n) is 12.9. The topological polar surface area (TPSA) is 39.9 Å². The lowest BCUT2D eigenvalue weighted by Gasteiger charge is -2.12. The molecule has 0 N–H and O–H groups in total. The van der Waals surface area contributed by atoms with Crippen LogP contribution < -0.4 is 4.74 Å². The van der Waals surface area contributed by atoms with Gasteiger partial charge in [-0.25, -0.2) is 4.68 Å². The van der Waals surface area contributed by atoms with Gasteiger partial charge in [0.1, 0.15) is 5.75 Å². The van der Waals surface area contributed by atoms with Gasteiger partial charge in [0.25, 0.3) is 0 Å². The van der Waals surface area contributed by atoms with Gasteiger partial charge in [0.2, 0.25) is 0 Å². The van der Waals surface area contributed by atoms with Crippen LogP contribution in [0.4, 0.5) is 13.2 Å². The lowest BCUT2D eigenvalue weighted by atomic mass is 10.0. The Kier molecular flexibility index (Phi) is 4.94. The number of hydrogen-bond donors (Lipinski definition) is 0. The van der Waals surface area contributed by atoms with Gasteiger partial charge in [-0.2, -0.15) is 5.10 Å². The molecule has 0 aliphatic carbocycles. The van der Waals surface area contributed by atoms with Crippen LogP contribution in [0.25, 0.3) is 5.69 Å². The van der Waals surface area contributed by atoms with Crippen LogP contribution in [-0.2, 0) is 12.8 Å². The minimum atomic E-state index is -4.69. The Morgan fingerprint density at radius 3 is 2.48 bits per heavy atom. The van der Waals surface area contributed by atoms with E-state index >= 15 is 0 Å². The van der Waals surface area contributed by atoms with Crippen molar-refractivity contribution in [2.24, 2.45) is 0 Å². The Hall–Kier alpha value is -2.54. The summed E-state index contributed by atoms with van der Waals surface area (Å²) in [5.74, 6) is -0.240. The van der Waals surface area contributed by atoms with Crippen molar-refractivity contribution in [1.29, 1.82) is 0 Å². The molecule has 0 aliphatic rings. The van der Waals surface area contributed by atoms with Gasteiger partial charge in [0.05, 0.1) is 16.9 Å². The largest absolute Gasteiger partial charge is 0.573 e. The van der Waals surface area contributed by atoms with Gasteiger partial charge in [0, 0.05) is 18.6 Å². The minimum absolute atomic E-state index is 0.240. The molecule has 0 unspecified atom stereocenters. The average molecular weight is 368 g/mol. The number of nitrogens with zero attached hydrogens (tertiary/aromatic N) is 3. The Morgan fingerprint density at radius 1 is 1.08 bits per heavy atom. The second-order valence-corrected chi connectivity index (χ2v) is 5.67. The van der Waals surface area contributed by atoms with E-state index in [4.69, 9.17) is 11.6 Å². The Labute approximate surface area is 146 Å². The van der Waals surface area contributed by atoms with Gasteiger partial charge >= 0.3 is 6.36 Å². The zero-order chi connectivity index (χ0) is 17.9. The van der Waals surface area contributed by atoms with E-state index in [0.29, 0.717) is 17.9 Å². The predicted octanol–water partition coefficient (Wildman–Crippen LogP) is 4.60. The lowest BCUT2D eigenvalue weighted by molar-refractivity contribution is -0.274. The third kappa shape index (κ3) is 4.51. The Morgan fingerprint density at radius 2 is 1.84 bits per heavy atom. The smallest absolute Gasteiger partial charge is 0.406 e. The van der Waals surface area contributed by atoms with Crippen LogP contribution in [0.1, 0.15) is 11.1 Å². The Bertz CT molecular complexity index is 833. The number of aryl methyl sites for hydroxylation is 1. The summed E-state index contributed by atoms with van der Waals surface area (Å²) in [5, 5.41) is 4.70. The average Bonchev–Trinajstić information content (AvgIpc) is 3.08. The number of ether oxygens (including phenoxy) is 1. The summed E-state index contributed by atoms with van der Waals surface area (Å²) in [6.45, 7) is 0. The molecule has 25 heavy (non-hydrogen) atoms. The number of halogens is 4. The SMILES string of the molecule is FC(F)(F)Oc1ccc(CCc2c(Cl)cncc2-n2cccn2)cc1. The van der Waals surface area contributed by atoms with E-state index in [-0.39, 0.29) is 5.75 Å². The van der Waals surface area contributed by atoms with E-state index < -0.39 is 6.36 Å². The highest BCUT2D eigenvalue weighted by Crippen LogP contribution is 2.25. The normalized spacial score (nSPS) is 11.5. The molecular formula is C17H13ClF3N3O. The predicted molar refractivity (Wildman–Crippen MR) is 86.9 cm³/mol. The fourth-order valence-electron chi connectivity index (χ4n) is 2.43. The summed E-state index contributed by atoms with van der Waals surface area (Å²) < 4.78 is 42.1. The molecule has 2 heterocycles. The van der Waals surface area contributed by atoms with Crippen LogP contribution in [0, 0.1) is 0 Å². The third-order valence-corrected chi connectivity index (χ3v) is 3.88. The first-order chi connectivity index (χ1) is 11.9. The van der Waals surface area contributed by atoms with E-state index in [0.717, 1.165) is 16.8 Å². The highest BCUT2D eigenvalue weighted by molar-refractivity contribution is 6.31. The van der Waals surface area contributed by atoms with Crippen LogP contribution in [0.5, 0.6) is 5.75 Å². The highest BCUT2D eigenvalue weighted by Gasteiger charge is 2.30. The summed E-state index contributed by atoms with van der Waals surface area (Å²) in [4.78, 5) is 4.09. The molecule has 0 fully saturated rings. The number of alkyl halides is 3. The summed E-state index contributed by atoms with van der Waals surface area (Å²) in [7, 11) is 0. The van der Waals surface area contributed by atoms with Gasteiger partial charge < -0.3 is 4.74 Å². The van der Waals surface area contributed by atoms with E-state index in [1.165, 1.54) is 12.1 Å². The van der Waals surface area contributed by atoms with Crippen LogP contribution in [0.2, 0.25) is 5.02 Å². The van der Waals surface area contributed by atoms with Crippen molar-refractivity contribution in [2.45, 2.75) is 19.2 Å². The molecule has 0 amide bonds. The third-order valence-electron chi connectivity index (χ3n) is 3.55. The van der Waals surface area contributed by atoms with Gasteiger partial charge in [0.15, 0.2) is 0 Å². The molecule has 0 saturated heterocycles. The fraction of sp³-hybridized carbons (Fsp3) is 0.176. The molecule has 0 aliphatic heterocycles. The molecular weight excluding hydrogens is 355 g/mol. The molecule has 0 saturated carbocycles. The van der Waals surface area contributed by atoms with Crippen LogP contribution in [0.15, 0.2) is 55.1 Å². The molecule has 4 nitrogen and oxygen atoms in total. The zero-order valence-corrected chi connectivity index (χ0v) is 13.6. The van der Waals surface area contributed by atoms with E-state index in [1.807, 2.05) is 0 Å². The Balaban J connectivity index is 1.74. The van der Waals surface area contributed by atoms with Gasteiger partial charge in [-0.15, -0.1) is 13.2 Å². The molecule has 3 rings (SSSR count). The second-order valence-electron chi connectivity index (χ2n) is 5.26. The number of aromatic nitrogens is 3. The number of hydrogen-bond acceptors (Lipinski definition) is 3. The molecule has 0 bridgehead atoms. The van der Waals surface area contributed by atoms with E-state index in [1.54, 1.807) is 47.7 Å². The molecule has 1 aromatic carbocycles. The van der Waals surface area contributed by atoms with E-state index in [2.05, 4.69) is 14.8 Å². The second kappa shape index (κ2) is 7.14. The van der Waals surface area contributed by atoms with Crippen molar-refractivity contribution < 1.29 is 17.9 Å². The van der Waals surface area contributed by atoms with Crippen molar-refractivity contribution in [3.05, 3.63) is 71.3 Å². The van der Waals surface area contributed by atoms with Crippen molar-refractivity contribution in [3.8, 4) is 11.4 Å².